The number of aryl methyl sites for hydroxylation is 1. The van der Waals surface area contributed by atoms with Crippen LogP contribution in [0.1, 0.15) is 45.7 Å². The van der Waals surface area contributed by atoms with Gasteiger partial charge in [-0.25, -0.2) is 13.1 Å². The van der Waals surface area contributed by atoms with Crippen molar-refractivity contribution in [2.24, 2.45) is 0 Å². The van der Waals surface area contributed by atoms with Gasteiger partial charge in [-0.05, 0) is 60.8 Å². The van der Waals surface area contributed by atoms with Gasteiger partial charge >= 0.3 is 0 Å². The number of hydrogen-bond donors (Lipinski definition) is 2. The van der Waals surface area contributed by atoms with E-state index in [1.165, 1.54) is 0 Å². The number of rotatable bonds is 5. The molecule has 0 fully saturated rings. The highest BCUT2D eigenvalue weighted by atomic mass is 79.9. The molecule has 0 unspecified atom stereocenters. The number of halogens is 1. The first-order chi connectivity index (χ1) is 9.42. The second-order valence-corrected chi connectivity index (χ2v) is 9.06. The molecule has 0 heterocycles. The molecule has 21 heavy (non-hydrogen) atoms. The average molecular weight is 377 g/mol. The number of nitrogens with one attached hydrogen (secondary N) is 2. The Hall–Kier alpha value is -0.430. The normalized spacial score (nSPS) is 13.0. The molecule has 0 amide bonds. The molecule has 2 N–H and O–H groups in total. The van der Waals surface area contributed by atoms with Gasteiger partial charge in [0.15, 0.2) is 0 Å². The first kappa shape index (κ1) is 18.6. The predicted octanol–water partition coefficient (Wildman–Crippen LogP) is 3.33. The van der Waals surface area contributed by atoms with E-state index in [9.17, 15) is 8.42 Å². The lowest BCUT2D eigenvalue weighted by molar-refractivity contribution is 0.491. The molecule has 0 spiro atoms. The summed E-state index contributed by atoms with van der Waals surface area (Å²) in [4.78, 5) is 0.290. The maximum Gasteiger partial charge on any atom is 0.242 e. The fourth-order valence-electron chi connectivity index (χ4n) is 1.89. The van der Waals surface area contributed by atoms with Crippen LogP contribution in [0.5, 0.6) is 0 Å². The summed E-state index contributed by atoms with van der Waals surface area (Å²) in [6.45, 7) is 12.2. The average Bonchev–Trinajstić information content (AvgIpc) is 2.26. The largest absolute Gasteiger partial charge is 0.310 e. The van der Waals surface area contributed by atoms with E-state index in [0.717, 1.165) is 11.1 Å². The fourth-order valence-corrected chi connectivity index (χ4v) is 4.37. The molecular formula is C15H25BrN2O2S. The van der Waals surface area contributed by atoms with Gasteiger partial charge in [0.05, 0.1) is 4.90 Å². The maximum absolute atomic E-state index is 12.5. The summed E-state index contributed by atoms with van der Waals surface area (Å²) in [6, 6.07) is 4.07. The van der Waals surface area contributed by atoms with Gasteiger partial charge in [0.2, 0.25) is 10.0 Å². The topological polar surface area (TPSA) is 58.2 Å². The standard InChI is InChI=1S/C15H25BrN2O2S/c1-10(2)17-9-12-7-11(3)14(16)13(8-12)21(19,20)18-15(4,5)6/h7-8,10,17-18H,9H2,1-6H3. The molecule has 0 aliphatic rings. The molecule has 0 atom stereocenters. The van der Waals surface area contributed by atoms with Crippen molar-refractivity contribution >= 4 is 26.0 Å². The van der Waals surface area contributed by atoms with Crippen molar-refractivity contribution in [3.05, 3.63) is 27.7 Å². The summed E-state index contributed by atoms with van der Waals surface area (Å²) in [5.41, 5.74) is 1.35. The van der Waals surface area contributed by atoms with E-state index in [-0.39, 0.29) is 4.90 Å². The number of benzene rings is 1. The molecule has 0 aliphatic heterocycles. The number of hydrogen-bond acceptors (Lipinski definition) is 3. The SMILES string of the molecule is Cc1cc(CNC(C)C)cc(S(=O)(=O)NC(C)(C)C)c1Br. The van der Waals surface area contributed by atoms with Crippen LogP contribution in [-0.2, 0) is 16.6 Å². The minimum atomic E-state index is -3.56. The van der Waals surface area contributed by atoms with Crippen LogP contribution in [0.4, 0.5) is 0 Å². The summed E-state index contributed by atoms with van der Waals surface area (Å²) < 4.78 is 28.4. The highest BCUT2D eigenvalue weighted by Gasteiger charge is 2.25. The summed E-state index contributed by atoms with van der Waals surface area (Å²) in [6.07, 6.45) is 0. The van der Waals surface area contributed by atoms with Gasteiger partial charge in [-0.15, -0.1) is 0 Å². The molecule has 6 heteroatoms. The van der Waals surface area contributed by atoms with Crippen LogP contribution in [0.25, 0.3) is 0 Å². The van der Waals surface area contributed by atoms with Crippen LogP contribution in [-0.4, -0.2) is 20.0 Å². The van der Waals surface area contributed by atoms with Crippen molar-refractivity contribution in [2.75, 3.05) is 0 Å². The van der Waals surface area contributed by atoms with Crippen LogP contribution >= 0.6 is 15.9 Å². The van der Waals surface area contributed by atoms with Crippen LogP contribution < -0.4 is 10.0 Å². The summed E-state index contributed by atoms with van der Waals surface area (Å²) in [7, 11) is -3.56. The van der Waals surface area contributed by atoms with E-state index in [4.69, 9.17) is 0 Å². The summed E-state index contributed by atoms with van der Waals surface area (Å²) >= 11 is 3.40. The van der Waals surface area contributed by atoms with E-state index >= 15 is 0 Å². The molecule has 1 rings (SSSR count). The molecular weight excluding hydrogens is 352 g/mol. The quantitative estimate of drug-likeness (QED) is 0.828. The van der Waals surface area contributed by atoms with Gasteiger partial charge in [-0.1, -0.05) is 19.9 Å². The van der Waals surface area contributed by atoms with Gasteiger partial charge < -0.3 is 5.32 Å². The highest BCUT2D eigenvalue weighted by molar-refractivity contribution is 9.10. The molecule has 0 saturated heterocycles. The molecule has 1 aromatic rings. The van der Waals surface area contributed by atoms with E-state index in [0.29, 0.717) is 17.1 Å². The van der Waals surface area contributed by atoms with Crippen molar-refractivity contribution in [1.29, 1.82) is 0 Å². The van der Waals surface area contributed by atoms with Crippen molar-refractivity contribution in [2.45, 2.75) is 64.6 Å². The molecule has 0 aromatic heterocycles. The number of sulfonamides is 1. The Morgan fingerprint density at radius 1 is 1.24 bits per heavy atom. The van der Waals surface area contributed by atoms with Crippen molar-refractivity contribution in [1.82, 2.24) is 10.0 Å². The Kier molecular flexibility index (Phi) is 6.00. The Balaban J connectivity index is 3.22. The van der Waals surface area contributed by atoms with Gasteiger partial charge in [0.1, 0.15) is 0 Å². The fraction of sp³-hybridized carbons (Fsp3) is 0.600. The Bertz CT molecular complexity index is 605. The first-order valence-corrected chi connectivity index (χ1v) is 9.26. The second kappa shape index (κ2) is 6.77. The van der Waals surface area contributed by atoms with E-state index in [1.807, 2.05) is 33.8 Å². The second-order valence-electron chi connectivity index (χ2n) is 6.62. The van der Waals surface area contributed by atoms with Crippen molar-refractivity contribution in [3.8, 4) is 0 Å². The predicted molar refractivity (Wildman–Crippen MR) is 90.9 cm³/mol. The molecule has 0 aliphatic carbocycles. The van der Waals surface area contributed by atoms with Gasteiger partial charge in [-0.3, -0.25) is 0 Å². The third kappa shape index (κ3) is 5.70. The van der Waals surface area contributed by atoms with Crippen LogP contribution in [0.15, 0.2) is 21.5 Å². The molecule has 120 valence electrons. The summed E-state index contributed by atoms with van der Waals surface area (Å²) in [5.74, 6) is 0. The third-order valence-corrected chi connectivity index (χ3v) is 5.82. The lowest BCUT2D eigenvalue weighted by Gasteiger charge is -2.22. The Morgan fingerprint density at radius 2 is 1.81 bits per heavy atom. The van der Waals surface area contributed by atoms with Crippen LogP contribution in [0.3, 0.4) is 0 Å². The molecule has 4 nitrogen and oxygen atoms in total. The zero-order chi connectivity index (χ0) is 16.4. The third-order valence-electron chi connectivity index (χ3n) is 2.73. The zero-order valence-corrected chi connectivity index (χ0v) is 15.9. The summed E-state index contributed by atoms with van der Waals surface area (Å²) in [5, 5.41) is 3.30. The maximum atomic E-state index is 12.5. The Morgan fingerprint density at radius 3 is 2.29 bits per heavy atom. The highest BCUT2D eigenvalue weighted by Crippen LogP contribution is 2.28. The lowest BCUT2D eigenvalue weighted by Crippen LogP contribution is -2.40. The zero-order valence-electron chi connectivity index (χ0n) is 13.5. The Labute approximate surface area is 136 Å². The monoisotopic (exact) mass is 376 g/mol. The minimum absolute atomic E-state index is 0.290. The lowest BCUT2D eigenvalue weighted by atomic mass is 10.1. The molecule has 0 saturated carbocycles. The van der Waals surface area contributed by atoms with Crippen LogP contribution in [0.2, 0.25) is 0 Å². The molecule has 0 radical (unpaired) electrons. The minimum Gasteiger partial charge on any atom is -0.310 e. The van der Waals surface area contributed by atoms with E-state index in [1.54, 1.807) is 6.07 Å². The van der Waals surface area contributed by atoms with Gasteiger partial charge in [0.25, 0.3) is 0 Å². The van der Waals surface area contributed by atoms with E-state index in [2.05, 4.69) is 39.8 Å². The molecule has 1 aromatic carbocycles. The van der Waals surface area contributed by atoms with Crippen molar-refractivity contribution in [3.63, 3.8) is 0 Å². The van der Waals surface area contributed by atoms with Crippen molar-refractivity contribution < 1.29 is 8.42 Å². The van der Waals surface area contributed by atoms with Crippen LogP contribution in [0, 0.1) is 6.92 Å². The first-order valence-electron chi connectivity index (χ1n) is 6.99. The smallest absolute Gasteiger partial charge is 0.242 e. The molecule has 0 bridgehead atoms. The van der Waals surface area contributed by atoms with E-state index < -0.39 is 15.6 Å². The van der Waals surface area contributed by atoms with Gasteiger partial charge in [0, 0.05) is 22.6 Å². The van der Waals surface area contributed by atoms with Gasteiger partial charge in [-0.2, -0.15) is 0 Å².